The normalized spacial score (nSPS) is 11.8. The highest BCUT2D eigenvalue weighted by Gasteiger charge is 2.14. The highest BCUT2D eigenvalue weighted by atomic mass is 32.2. The molecule has 7 heteroatoms. The number of rotatable bonds is 9. The number of aromatic nitrogens is 1. The molecule has 0 aliphatic heterocycles. The van der Waals surface area contributed by atoms with Crippen molar-refractivity contribution in [3.63, 3.8) is 0 Å². The maximum absolute atomic E-state index is 13.0. The third-order valence-corrected chi connectivity index (χ3v) is 6.47. The lowest BCUT2D eigenvalue weighted by atomic mass is 10.1. The fourth-order valence-corrected chi connectivity index (χ4v) is 4.25. The maximum Gasteiger partial charge on any atom is 0.257 e. The minimum atomic E-state index is -0.150. The van der Waals surface area contributed by atoms with Crippen molar-refractivity contribution in [3.05, 3.63) is 89.5 Å². The molecule has 2 amide bonds. The van der Waals surface area contributed by atoms with E-state index in [-0.39, 0.29) is 17.7 Å². The molecule has 34 heavy (non-hydrogen) atoms. The zero-order chi connectivity index (χ0) is 23.9. The summed E-state index contributed by atoms with van der Waals surface area (Å²) in [5.74, 6) is 0.359. The third kappa shape index (κ3) is 5.85. The summed E-state index contributed by atoms with van der Waals surface area (Å²) < 4.78 is 5.78. The summed E-state index contributed by atoms with van der Waals surface area (Å²) in [5.41, 5.74) is 4.73. The molecule has 0 saturated carbocycles. The number of hydrogen-bond acceptors (Lipinski definition) is 5. The van der Waals surface area contributed by atoms with E-state index >= 15 is 0 Å². The monoisotopic (exact) mass is 473 g/mol. The van der Waals surface area contributed by atoms with Crippen LogP contribution in [0.3, 0.4) is 0 Å². The second kappa shape index (κ2) is 11.0. The Balaban J connectivity index is 1.38. The van der Waals surface area contributed by atoms with Crippen LogP contribution >= 0.6 is 11.8 Å². The summed E-state index contributed by atoms with van der Waals surface area (Å²) in [6, 6.07) is 22.7. The van der Waals surface area contributed by atoms with Crippen LogP contribution in [-0.4, -0.2) is 16.8 Å². The van der Waals surface area contributed by atoms with Crippen molar-refractivity contribution < 1.29 is 14.0 Å². The Hall–Kier alpha value is -3.58. The van der Waals surface area contributed by atoms with Gasteiger partial charge in [-0.3, -0.25) is 9.59 Å². The van der Waals surface area contributed by atoms with Gasteiger partial charge in [-0.05, 0) is 47.9 Å². The summed E-state index contributed by atoms with van der Waals surface area (Å²) in [5, 5.41) is 6.50. The van der Waals surface area contributed by atoms with Gasteiger partial charge in [-0.25, -0.2) is 4.98 Å². The van der Waals surface area contributed by atoms with Gasteiger partial charge in [0, 0.05) is 29.5 Å². The molecule has 4 aromatic rings. The van der Waals surface area contributed by atoms with Gasteiger partial charge in [-0.2, -0.15) is 0 Å². The quantitative estimate of drug-likeness (QED) is 0.290. The first-order valence-electron chi connectivity index (χ1n) is 11.3. The van der Waals surface area contributed by atoms with E-state index in [4.69, 9.17) is 4.42 Å². The highest BCUT2D eigenvalue weighted by molar-refractivity contribution is 7.98. The minimum Gasteiger partial charge on any atom is -0.431 e. The number of thioether (sulfide) groups is 1. The van der Waals surface area contributed by atoms with Crippen LogP contribution in [0.25, 0.3) is 11.1 Å². The van der Waals surface area contributed by atoms with Crippen LogP contribution in [0.1, 0.15) is 41.8 Å². The molecular formula is C27H27N3O3S. The zero-order valence-electron chi connectivity index (χ0n) is 19.2. The number of nitrogens with zero attached hydrogens (tertiary/aromatic N) is 1. The Kier molecular flexibility index (Phi) is 7.65. The molecule has 1 atom stereocenters. The lowest BCUT2D eigenvalue weighted by molar-refractivity contribution is -0.119. The van der Waals surface area contributed by atoms with Gasteiger partial charge < -0.3 is 15.1 Å². The predicted molar refractivity (Wildman–Crippen MR) is 136 cm³/mol. The molecule has 0 fully saturated rings. The number of para-hydroxylation sites is 2. The number of fused-ring (bicyclic) bond motifs is 1. The second-order valence-electron chi connectivity index (χ2n) is 8.07. The zero-order valence-corrected chi connectivity index (χ0v) is 20.0. The Morgan fingerprint density at radius 3 is 2.65 bits per heavy atom. The average Bonchev–Trinajstić information content (AvgIpc) is 3.29. The van der Waals surface area contributed by atoms with Crippen molar-refractivity contribution in [2.45, 2.75) is 37.8 Å². The number of carbonyl (C=O) groups excluding carboxylic acids is 2. The van der Waals surface area contributed by atoms with Crippen LogP contribution in [-0.2, 0) is 17.1 Å². The number of anilines is 1. The first kappa shape index (κ1) is 23.6. The molecule has 0 aliphatic carbocycles. The van der Waals surface area contributed by atoms with Crippen molar-refractivity contribution in [2.24, 2.45) is 5.92 Å². The van der Waals surface area contributed by atoms with Crippen LogP contribution in [0, 0.1) is 5.92 Å². The minimum absolute atomic E-state index is 0.00550. The molecule has 0 bridgehead atoms. The molecule has 6 nitrogen and oxygen atoms in total. The Bertz CT molecular complexity index is 1270. The van der Waals surface area contributed by atoms with Crippen molar-refractivity contribution in [1.29, 1.82) is 0 Å². The number of benzene rings is 3. The number of nitrogens with one attached hydrogen (secondary N) is 2. The van der Waals surface area contributed by atoms with Crippen LogP contribution < -0.4 is 10.6 Å². The lowest BCUT2D eigenvalue weighted by Crippen LogP contribution is -2.24. The van der Waals surface area contributed by atoms with Gasteiger partial charge in [0.25, 0.3) is 11.1 Å². The van der Waals surface area contributed by atoms with Gasteiger partial charge in [0.05, 0.1) is 0 Å². The topological polar surface area (TPSA) is 84.2 Å². The van der Waals surface area contributed by atoms with E-state index < -0.39 is 0 Å². The Labute approximate surface area is 203 Å². The summed E-state index contributed by atoms with van der Waals surface area (Å²) in [6.45, 7) is 4.25. The fraction of sp³-hybridized carbons (Fsp3) is 0.222. The van der Waals surface area contributed by atoms with E-state index in [1.54, 1.807) is 0 Å². The van der Waals surface area contributed by atoms with E-state index in [1.165, 1.54) is 11.8 Å². The molecule has 1 aromatic heterocycles. The van der Waals surface area contributed by atoms with Crippen molar-refractivity contribution >= 4 is 40.4 Å². The largest absolute Gasteiger partial charge is 0.431 e. The van der Waals surface area contributed by atoms with Crippen LogP contribution in [0.4, 0.5) is 5.69 Å². The molecule has 4 rings (SSSR count). The van der Waals surface area contributed by atoms with Gasteiger partial charge in [0.15, 0.2) is 5.58 Å². The Morgan fingerprint density at radius 1 is 1.03 bits per heavy atom. The summed E-state index contributed by atoms with van der Waals surface area (Å²) in [7, 11) is 0. The molecule has 0 spiro atoms. The van der Waals surface area contributed by atoms with E-state index in [0.717, 1.165) is 34.3 Å². The van der Waals surface area contributed by atoms with Crippen LogP contribution in [0.15, 0.2) is 82.4 Å². The summed E-state index contributed by atoms with van der Waals surface area (Å²) in [6.07, 6.45) is 0.783. The van der Waals surface area contributed by atoms with E-state index in [1.807, 2.05) is 86.6 Å². The number of amides is 2. The second-order valence-corrected chi connectivity index (χ2v) is 9.00. The maximum atomic E-state index is 13.0. The van der Waals surface area contributed by atoms with Crippen molar-refractivity contribution in [2.75, 3.05) is 5.32 Å². The van der Waals surface area contributed by atoms with E-state index in [2.05, 4.69) is 15.6 Å². The van der Waals surface area contributed by atoms with Crippen LogP contribution in [0.5, 0.6) is 0 Å². The van der Waals surface area contributed by atoms with Gasteiger partial charge in [-0.1, -0.05) is 68.1 Å². The van der Waals surface area contributed by atoms with E-state index in [0.29, 0.717) is 23.1 Å². The van der Waals surface area contributed by atoms with E-state index in [9.17, 15) is 9.59 Å². The smallest absolute Gasteiger partial charge is 0.257 e. The molecule has 174 valence electrons. The van der Waals surface area contributed by atoms with Crippen LogP contribution in [0.2, 0.25) is 0 Å². The highest BCUT2D eigenvalue weighted by Crippen LogP contribution is 2.27. The first-order valence-corrected chi connectivity index (χ1v) is 12.3. The summed E-state index contributed by atoms with van der Waals surface area (Å²) >= 11 is 1.46. The first-order chi connectivity index (χ1) is 16.5. The fourth-order valence-electron chi connectivity index (χ4n) is 3.41. The molecule has 0 aliphatic rings. The Morgan fingerprint density at radius 2 is 1.82 bits per heavy atom. The van der Waals surface area contributed by atoms with Gasteiger partial charge in [-0.15, -0.1) is 0 Å². The number of carbonyl (C=O) groups is 2. The average molecular weight is 474 g/mol. The number of oxazole rings is 1. The molecule has 2 N–H and O–H groups in total. The van der Waals surface area contributed by atoms with Gasteiger partial charge in [0.1, 0.15) is 5.52 Å². The van der Waals surface area contributed by atoms with Gasteiger partial charge >= 0.3 is 0 Å². The SMILES string of the molecule is CCC(C)C(=O)Nc1cccc(CNC(=O)c2ccccc2CSc2nc3ccccc3o2)c1. The van der Waals surface area contributed by atoms with Crippen molar-refractivity contribution in [1.82, 2.24) is 10.3 Å². The molecule has 1 unspecified atom stereocenters. The summed E-state index contributed by atoms with van der Waals surface area (Å²) in [4.78, 5) is 29.6. The lowest BCUT2D eigenvalue weighted by Gasteiger charge is -2.12. The number of hydrogen-bond donors (Lipinski definition) is 2. The van der Waals surface area contributed by atoms with Gasteiger partial charge in [0.2, 0.25) is 5.91 Å². The standard InChI is InChI=1S/C27H27N3O3S/c1-3-18(2)25(31)29-21-11-8-9-19(15-21)16-28-26(32)22-12-5-4-10-20(22)17-34-27-30-23-13-6-7-14-24(23)33-27/h4-15,18H,3,16-17H2,1-2H3,(H,28,32)(H,29,31). The van der Waals surface area contributed by atoms with Crippen molar-refractivity contribution in [3.8, 4) is 0 Å². The molecule has 3 aromatic carbocycles. The predicted octanol–water partition coefficient (Wildman–Crippen LogP) is 6.03. The third-order valence-electron chi connectivity index (χ3n) is 5.59. The molecule has 0 radical (unpaired) electrons. The molecule has 0 saturated heterocycles. The molecule has 1 heterocycles. The molecular weight excluding hydrogens is 446 g/mol.